The second-order valence-electron chi connectivity index (χ2n) is 9.49. The van der Waals surface area contributed by atoms with E-state index in [9.17, 15) is 0 Å². The van der Waals surface area contributed by atoms with Crippen molar-refractivity contribution < 1.29 is 0 Å². The molecule has 0 aliphatic rings. The Labute approximate surface area is 230 Å². The lowest BCUT2D eigenvalue weighted by Crippen LogP contribution is -1.91. The van der Waals surface area contributed by atoms with Crippen molar-refractivity contribution in [1.82, 2.24) is 0 Å². The first-order valence-corrected chi connectivity index (χ1v) is 13.9. The van der Waals surface area contributed by atoms with Gasteiger partial charge in [0.05, 0.1) is 0 Å². The highest BCUT2D eigenvalue weighted by molar-refractivity contribution is 7.08. The van der Waals surface area contributed by atoms with Crippen LogP contribution >= 0.6 is 11.3 Å². The first kappa shape index (κ1) is 25.4. The van der Waals surface area contributed by atoms with Crippen LogP contribution in [0.3, 0.4) is 0 Å². The molecule has 38 heavy (non-hydrogen) atoms. The Morgan fingerprint density at radius 1 is 0.711 bits per heavy atom. The highest BCUT2D eigenvalue weighted by Gasteiger charge is 2.16. The summed E-state index contributed by atoms with van der Waals surface area (Å²) in [6.07, 6.45) is 12.5. The zero-order valence-electron chi connectivity index (χ0n) is 22.2. The SMILES string of the molecule is C=C/C=C(\C=C/C)C(/C)=C/C=C(\C)c1cccc(-c2c3ccccc3c(-c3ccsc3)c3ccccc23)c1. The zero-order chi connectivity index (χ0) is 26.5. The third-order valence-corrected chi connectivity index (χ3v) is 7.71. The van der Waals surface area contributed by atoms with Gasteiger partial charge in [0, 0.05) is 0 Å². The van der Waals surface area contributed by atoms with Crippen LogP contribution in [-0.4, -0.2) is 0 Å². The molecular formula is C37H32S. The van der Waals surface area contributed by atoms with Crippen LogP contribution in [0.2, 0.25) is 0 Å². The average Bonchev–Trinajstić information content (AvgIpc) is 3.49. The van der Waals surface area contributed by atoms with Gasteiger partial charge < -0.3 is 0 Å². The van der Waals surface area contributed by atoms with Crippen molar-refractivity contribution in [3.63, 3.8) is 0 Å². The molecule has 186 valence electrons. The van der Waals surface area contributed by atoms with Crippen molar-refractivity contribution in [2.75, 3.05) is 0 Å². The number of hydrogen-bond acceptors (Lipinski definition) is 1. The fourth-order valence-electron chi connectivity index (χ4n) is 5.14. The molecular weight excluding hydrogens is 476 g/mol. The lowest BCUT2D eigenvalue weighted by atomic mass is 9.86. The maximum Gasteiger partial charge on any atom is -0.00143 e. The highest BCUT2D eigenvalue weighted by atomic mass is 32.1. The molecule has 0 nitrogen and oxygen atoms in total. The second kappa shape index (κ2) is 11.5. The molecule has 0 unspecified atom stereocenters. The molecule has 4 aromatic carbocycles. The van der Waals surface area contributed by atoms with E-state index in [2.05, 4.69) is 134 Å². The topological polar surface area (TPSA) is 0 Å². The van der Waals surface area contributed by atoms with Crippen LogP contribution in [0.4, 0.5) is 0 Å². The Hall–Kier alpha value is -4.20. The van der Waals surface area contributed by atoms with Gasteiger partial charge in [0.15, 0.2) is 0 Å². The van der Waals surface area contributed by atoms with Gasteiger partial charge in [-0.25, -0.2) is 0 Å². The van der Waals surface area contributed by atoms with Crippen molar-refractivity contribution in [2.45, 2.75) is 20.8 Å². The van der Waals surface area contributed by atoms with Crippen molar-refractivity contribution in [1.29, 1.82) is 0 Å². The fourth-order valence-corrected chi connectivity index (χ4v) is 5.79. The number of benzene rings is 4. The first-order chi connectivity index (χ1) is 18.6. The molecule has 0 aliphatic heterocycles. The number of rotatable bonds is 7. The van der Waals surface area contributed by atoms with E-state index in [0.717, 1.165) is 0 Å². The zero-order valence-corrected chi connectivity index (χ0v) is 23.1. The largest absolute Gasteiger partial charge is 0.152 e. The molecule has 1 heterocycles. The van der Waals surface area contributed by atoms with Gasteiger partial charge in [-0.1, -0.05) is 110 Å². The van der Waals surface area contributed by atoms with Crippen LogP contribution in [0, 0.1) is 0 Å². The quantitative estimate of drug-likeness (QED) is 0.151. The van der Waals surface area contributed by atoms with Gasteiger partial charge in [0.25, 0.3) is 0 Å². The van der Waals surface area contributed by atoms with Crippen LogP contribution in [0.5, 0.6) is 0 Å². The molecule has 0 radical (unpaired) electrons. The van der Waals surface area contributed by atoms with Crippen molar-refractivity contribution >= 4 is 38.5 Å². The second-order valence-corrected chi connectivity index (χ2v) is 10.3. The molecule has 0 spiro atoms. The van der Waals surface area contributed by atoms with Gasteiger partial charge in [-0.3, -0.25) is 0 Å². The van der Waals surface area contributed by atoms with Gasteiger partial charge >= 0.3 is 0 Å². The molecule has 5 aromatic rings. The molecule has 0 saturated heterocycles. The smallest absolute Gasteiger partial charge is 0.00143 e. The molecule has 0 aliphatic carbocycles. The van der Waals surface area contributed by atoms with Gasteiger partial charge in [0.1, 0.15) is 0 Å². The summed E-state index contributed by atoms with van der Waals surface area (Å²) in [4.78, 5) is 0. The lowest BCUT2D eigenvalue weighted by Gasteiger charge is -2.17. The van der Waals surface area contributed by atoms with Crippen LogP contribution in [0.15, 0.2) is 144 Å². The molecule has 0 saturated carbocycles. The maximum absolute atomic E-state index is 3.86. The standard InChI is InChI=1S/C37H32S/c1-5-12-28(13-6-2)26(3)20-21-27(4)29-14-11-15-30(24-29)36-32-16-7-9-18-34(32)37(31-22-23-38-25-31)35-19-10-8-17-33(35)36/h5-25H,1H2,2-4H3/b13-6-,26-20+,27-21+,28-12+. The predicted molar refractivity (Wildman–Crippen MR) is 171 cm³/mol. The van der Waals surface area contributed by atoms with E-state index in [-0.39, 0.29) is 0 Å². The highest BCUT2D eigenvalue weighted by Crippen LogP contribution is 2.44. The predicted octanol–water partition coefficient (Wildman–Crippen LogP) is 11.4. The molecule has 0 fully saturated rings. The van der Waals surface area contributed by atoms with E-state index >= 15 is 0 Å². The summed E-state index contributed by atoms with van der Waals surface area (Å²) in [6.45, 7) is 10.2. The van der Waals surface area contributed by atoms with Crippen molar-refractivity contribution in [3.8, 4) is 22.3 Å². The summed E-state index contributed by atoms with van der Waals surface area (Å²) >= 11 is 1.75. The van der Waals surface area contributed by atoms with Gasteiger partial charge in [-0.15, -0.1) is 0 Å². The number of fused-ring (bicyclic) bond motifs is 2. The Balaban J connectivity index is 1.67. The lowest BCUT2D eigenvalue weighted by molar-refractivity contribution is 1.41. The Bertz CT molecular complexity index is 1680. The summed E-state index contributed by atoms with van der Waals surface area (Å²) in [6, 6.07) is 28.9. The average molecular weight is 509 g/mol. The minimum absolute atomic E-state index is 1.17. The van der Waals surface area contributed by atoms with Gasteiger partial charge in [-0.2, -0.15) is 11.3 Å². The number of allylic oxidation sites excluding steroid dienone is 9. The van der Waals surface area contributed by atoms with Gasteiger partial charge in [0.2, 0.25) is 0 Å². The summed E-state index contributed by atoms with van der Waals surface area (Å²) in [5.41, 5.74) is 9.96. The number of thiophene rings is 1. The molecule has 0 atom stereocenters. The van der Waals surface area contributed by atoms with E-state index in [0.29, 0.717) is 0 Å². The van der Waals surface area contributed by atoms with Crippen LogP contribution in [0.25, 0.3) is 49.4 Å². The first-order valence-electron chi connectivity index (χ1n) is 13.0. The summed E-state index contributed by atoms with van der Waals surface area (Å²) in [7, 11) is 0. The van der Waals surface area contributed by atoms with Crippen molar-refractivity contribution in [2.24, 2.45) is 0 Å². The monoisotopic (exact) mass is 508 g/mol. The molecule has 0 amide bonds. The normalized spacial score (nSPS) is 13.1. The molecule has 0 N–H and O–H groups in total. The van der Waals surface area contributed by atoms with Crippen LogP contribution in [0.1, 0.15) is 26.3 Å². The minimum Gasteiger partial charge on any atom is -0.152 e. The summed E-state index contributed by atoms with van der Waals surface area (Å²) < 4.78 is 0. The van der Waals surface area contributed by atoms with E-state index in [1.54, 1.807) is 11.3 Å². The third-order valence-electron chi connectivity index (χ3n) is 7.03. The Morgan fingerprint density at radius 3 is 1.89 bits per heavy atom. The van der Waals surface area contributed by atoms with E-state index in [1.807, 2.05) is 19.1 Å². The van der Waals surface area contributed by atoms with Crippen LogP contribution in [-0.2, 0) is 0 Å². The fraction of sp³-hybridized carbons (Fsp3) is 0.0811. The van der Waals surface area contributed by atoms with E-state index in [1.165, 1.54) is 66.1 Å². The third kappa shape index (κ3) is 4.98. The Kier molecular flexibility index (Phi) is 7.67. The summed E-state index contributed by atoms with van der Waals surface area (Å²) in [5, 5.41) is 9.57. The molecule has 1 aromatic heterocycles. The molecule has 1 heteroatoms. The van der Waals surface area contributed by atoms with Crippen molar-refractivity contribution in [3.05, 3.63) is 149 Å². The van der Waals surface area contributed by atoms with Crippen LogP contribution < -0.4 is 0 Å². The minimum atomic E-state index is 1.17. The Morgan fingerprint density at radius 2 is 1.34 bits per heavy atom. The molecule has 0 bridgehead atoms. The maximum atomic E-state index is 3.86. The van der Waals surface area contributed by atoms with E-state index < -0.39 is 0 Å². The number of hydrogen-bond donors (Lipinski definition) is 0. The summed E-state index contributed by atoms with van der Waals surface area (Å²) in [5.74, 6) is 0. The molecule has 5 rings (SSSR count). The van der Waals surface area contributed by atoms with Gasteiger partial charge in [-0.05, 0) is 110 Å². The van der Waals surface area contributed by atoms with E-state index in [4.69, 9.17) is 0 Å².